The summed E-state index contributed by atoms with van der Waals surface area (Å²) in [6, 6.07) is 4.84. The monoisotopic (exact) mass is 378 g/mol. The Morgan fingerprint density at radius 3 is 2.80 bits per heavy atom. The highest BCUT2D eigenvalue weighted by Crippen LogP contribution is 2.31. The van der Waals surface area contributed by atoms with Crippen LogP contribution in [0.25, 0.3) is 16.5 Å². The first-order valence-corrected chi connectivity index (χ1v) is 9.30. The van der Waals surface area contributed by atoms with E-state index in [2.05, 4.69) is 5.10 Å². The Labute approximate surface area is 147 Å². The zero-order valence-electron chi connectivity index (χ0n) is 13.0. The van der Waals surface area contributed by atoms with E-state index in [-0.39, 0.29) is 4.21 Å². The maximum atomic E-state index is 12.7. The van der Waals surface area contributed by atoms with Crippen molar-refractivity contribution in [3.8, 4) is 10.4 Å². The molecule has 130 valence electrons. The molecule has 0 saturated heterocycles. The lowest BCUT2D eigenvalue weighted by molar-refractivity contribution is -0.124. The number of hydrogen-bond donors (Lipinski definition) is 2. The van der Waals surface area contributed by atoms with E-state index in [9.17, 15) is 13.2 Å². The van der Waals surface area contributed by atoms with E-state index in [1.807, 2.05) is 6.20 Å². The summed E-state index contributed by atoms with van der Waals surface area (Å²) in [5, 5.41) is 12.5. The molecule has 0 bridgehead atoms. The molecule has 1 amide bonds. The highest BCUT2D eigenvalue weighted by atomic mass is 32.2. The van der Waals surface area contributed by atoms with Gasteiger partial charge in [0.2, 0.25) is 0 Å². The van der Waals surface area contributed by atoms with Gasteiger partial charge < -0.3 is 0 Å². The van der Waals surface area contributed by atoms with Crippen LogP contribution in [0.15, 0.2) is 53.3 Å². The van der Waals surface area contributed by atoms with Crippen molar-refractivity contribution in [3.63, 3.8) is 0 Å². The Balaban J connectivity index is 1.87. The molecule has 0 atom stereocenters. The van der Waals surface area contributed by atoms with Crippen molar-refractivity contribution in [2.45, 2.75) is 4.21 Å². The standard InChI is InChI=1S/C15H14N4O4S2/c1-18-10-12(8-16-18)13-3-5-15(24-13)25(22,23)19-7-6-11(9-19)2-4-14(20)17-21/h2-10,21H,1H3,(H,17,20). The van der Waals surface area contributed by atoms with Crippen molar-refractivity contribution in [1.29, 1.82) is 0 Å². The normalized spacial score (nSPS) is 11.9. The van der Waals surface area contributed by atoms with Gasteiger partial charge in [0.1, 0.15) is 4.21 Å². The summed E-state index contributed by atoms with van der Waals surface area (Å²) in [5.41, 5.74) is 2.82. The molecule has 0 saturated carbocycles. The van der Waals surface area contributed by atoms with E-state index in [1.165, 1.54) is 23.9 Å². The SMILES string of the molecule is Cn1cc(-c2ccc(S(=O)(=O)n3ccc(C=CC(=O)NO)c3)s2)cn1. The molecular formula is C15H14N4O4S2. The molecule has 3 heterocycles. The number of nitrogens with one attached hydrogen (secondary N) is 1. The van der Waals surface area contributed by atoms with E-state index in [1.54, 1.807) is 36.1 Å². The van der Waals surface area contributed by atoms with Crippen molar-refractivity contribution in [2.75, 3.05) is 0 Å². The molecule has 3 aromatic rings. The molecule has 8 nitrogen and oxygen atoms in total. The quantitative estimate of drug-likeness (QED) is 0.399. The van der Waals surface area contributed by atoms with Gasteiger partial charge in [-0.1, -0.05) is 0 Å². The molecule has 0 radical (unpaired) electrons. The third-order valence-electron chi connectivity index (χ3n) is 3.33. The molecule has 25 heavy (non-hydrogen) atoms. The highest BCUT2D eigenvalue weighted by molar-refractivity contribution is 7.92. The molecule has 10 heteroatoms. The zero-order chi connectivity index (χ0) is 18.0. The molecule has 0 aliphatic heterocycles. The third-order valence-corrected chi connectivity index (χ3v) is 6.57. The van der Waals surface area contributed by atoms with Gasteiger partial charge in [0.15, 0.2) is 0 Å². The van der Waals surface area contributed by atoms with Gasteiger partial charge in [-0.15, -0.1) is 11.3 Å². The van der Waals surface area contributed by atoms with Crippen molar-refractivity contribution >= 4 is 33.3 Å². The Morgan fingerprint density at radius 1 is 1.32 bits per heavy atom. The minimum absolute atomic E-state index is 0.200. The van der Waals surface area contributed by atoms with Gasteiger partial charge in [0, 0.05) is 42.2 Å². The number of aromatic nitrogens is 3. The number of thiophene rings is 1. The van der Waals surface area contributed by atoms with Gasteiger partial charge >= 0.3 is 0 Å². The number of nitrogens with zero attached hydrogens (tertiary/aromatic N) is 3. The number of carbonyl (C=O) groups is 1. The molecule has 0 fully saturated rings. The molecule has 2 N–H and O–H groups in total. The van der Waals surface area contributed by atoms with Gasteiger partial charge in [0.05, 0.1) is 6.20 Å². The van der Waals surface area contributed by atoms with Gasteiger partial charge in [-0.3, -0.25) is 14.7 Å². The molecule has 3 rings (SSSR count). The van der Waals surface area contributed by atoms with E-state index in [0.29, 0.717) is 5.56 Å². The first-order valence-electron chi connectivity index (χ1n) is 7.05. The number of rotatable bonds is 5. The Bertz CT molecular complexity index is 1040. The summed E-state index contributed by atoms with van der Waals surface area (Å²) in [5.74, 6) is -0.699. The van der Waals surface area contributed by atoms with Crippen LogP contribution in [-0.2, 0) is 21.9 Å². The summed E-state index contributed by atoms with van der Waals surface area (Å²) < 4.78 is 28.3. The summed E-state index contributed by atoms with van der Waals surface area (Å²) in [7, 11) is -1.93. The predicted molar refractivity (Wildman–Crippen MR) is 92.5 cm³/mol. The van der Waals surface area contributed by atoms with Crippen LogP contribution in [0.4, 0.5) is 0 Å². The van der Waals surface area contributed by atoms with Crippen molar-refractivity contribution in [3.05, 3.63) is 54.6 Å². The van der Waals surface area contributed by atoms with Gasteiger partial charge in [-0.2, -0.15) is 13.5 Å². The second-order valence-electron chi connectivity index (χ2n) is 5.11. The highest BCUT2D eigenvalue weighted by Gasteiger charge is 2.19. The zero-order valence-corrected chi connectivity index (χ0v) is 14.7. The first-order chi connectivity index (χ1) is 11.9. The Morgan fingerprint density at radius 2 is 2.12 bits per heavy atom. The molecule has 0 aliphatic rings. The minimum atomic E-state index is -3.72. The van der Waals surface area contributed by atoms with Crippen LogP contribution < -0.4 is 5.48 Å². The van der Waals surface area contributed by atoms with Crippen molar-refractivity contribution < 1.29 is 18.4 Å². The Kier molecular flexibility index (Phi) is 4.57. The van der Waals surface area contributed by atoms with Crippen LogP contribution in [0.3, 0.4) is 0 Å². The van der Waals surface area contributed by atoms with Gasteiger partial charge in [-0.25, -0.2) is 9.45 Å². The van der Waals surface area contributed by atoms with Gasteiger partial charge in [-0.05, 0) is 29.8 Å². The molecule has 0 spiro atoms. The predicted octanol–water partition coefficient (Wildman–Crippen LogP) is 1.71. The van der Waals surface area contributed by atoms with E-state index < -0.39 is 15.9 Å². The van der Waals surface area contributed by atoms with Crippen LogP contribution in [0.1, 0.15) is 5.56 Å². The first kappa shape index (κ1) is 17.1. The lowest BCUT2D eigenvalue weighted by Crippen LogP contribution is -2.14. The number of carbonyl (C=O) groups excluding carboxylic acids is 1. The third kappa shape index (κ3) is 3.55. The lowest BCUT2D eigenvalue weighted by Gasteiger charge is -2.01. The number of hydrogen-bond acceptors (Lipinski definition) is 6. The van der Waals surface area contributed by atoms with Gasteiger partial charge in [0.25, 0.3) is 15.9 Å². The number of amides is 1. The van der Waals surface area contributed by atoms with Crippen molar-refractivity contribution in [2.24, 2.45) is 7.05 Å². The Hall–Kier alpha value is -2.69. The summed E-state index contributed by atoms with van der Waals surface area (Å²) in [4.78, 5) is 11.8. The molecular weight excluding hydrogens is 364 g/mol. The number of hydroxylamine groups is 1. The average Bonchev–Trinajstić information content (AvgIpc) is 3.32. The summed E-state index contributed by atoms with van der Waals surface area (Å²) in [6.45, 7) is 0. The molecule has 3 aromatic heterocycles. The summed E-state index contributed by atoms with van der Waals surface area (Å²) >= 11 is 1.15. The van der Waals surface area contributed by atoms with Crippen LogP contribution in [0, 0.1) is 0 Å². The fourth-order valence-corrected chi connectivity index (χ4v) is 4.71. The van der Waals surface area contributed by atoms with Crippen molar-refractivity contribution in [1.82, 2.24) is 19.2 Å². The van der Waals surface area contributed by atoms with E-state index in [4.69, 9.17) is 5.21 Å². The minimum Gasteiger partial charge on any atom is -0.288 e. The van der Waals surface area contributed by atoms with Crippen LogP contribution in [-0.4, -0.2) is 33.3 Å². The lowest BCUT2D eigenvalue weighted by atomic mass is 10.3. The molecule has 0 unspecified atom stereocenters. The van der Waals surface area contributed by atoms with Crippen LogP contribution in [0.2, 0.25) is 0 Å². The second-order valence-corrected chi connectivity index (χ2v) is 8.26. The largest absolute Gasteiger partial charge is 0.288 e. The van der Waals surface area contributed by atoms with Crippen LogP contribution >= 0.6 is 11.3 Å². The summed E-state index contributed by atoms with van der Waals surface area (Å²) in [6.07, 6.45) is 8.76. The fraction of sp³-hybridized carbons (Fsp3) is 0.0667. The maximum absolute atomic E-state index is 12.7. The number of aryl methyl sites for hydroxylation is 1. The second kappa shape index (κ2) is 6.67. The average molecular weight is 378 g/mol. The topological polar surface area (TPSA) is 106 Å². The van der Waals surface area contributed by atoms with Crippen LogP contribution in [0.5, 0.6) is 0 Å². The molecule has 0 aliphatic carbocycles. The smallest absolute Gasteiger partial charge is 0.277 e. The van der Waals surface area contributed by atoms with E-state index in [0.717, 1.165) is 31.8 Å². The molecule has 0 aromatic carbocycles. The van der Waals surface area contributed by atoms with E-state index >= 15 is 0 Å². The fourth-order valence-electron chi connectivity index (χ4n) is 2.12. The maximum Gasteiger partial charge on any atom is 0.277 e.